The summed E-state index contributed by atoms with van der Waals surface area (Å²) in [5.74, 6) is 1.74. The van der Waals surface area contributed by atoms with Crippen LogP contribution in [0.4, 0.5) is 0 Å². The number of allylic oxidation sites excluding steroid dienone is 6. The molecule has 0 heteroatoms. The topological polar surface area (TPSA) is 0 Å². The van der Waals surface area contributed by atoms with E-state index in [4.69, 9.17) is 0 Å². The fourth-order valence-electron chi connectivity index (χ4n) is 4.57. The Kier molecular flexibility index (Phi) is 3.00. The van der Waals surface area contributed by atoms with Gasteiger partial charge in [-0.15, -0.1) is 0 Å². The van der Waals surface area contributed by atoms with Crippen LogP contribution in [0.3, 0.4) is 0 Å². The molecule has 0 heterocycles. The molecule has 3 aliphatic rings. The zero-order valence-electron chi connectivity index (χ0n) is 12.4. The van der Waals surface area contributed by atoms with E-state index >= 15 is 0 Å². The van der Waals surface area contributed by atoms with Crippen LogP contribution in [-0.4, -0.2) is 0 Å². The second-order valence-corrected chi connectivity index (χ2v) is 6.59. The van der Waals surface area contributed by atoms with Crippen molar-refractivity contribution in [1.82, 2.24) is 0 Å². The molecule has 2 atom stereocenters. The van der Waals surface area contributed by atoms with E-state index in [1.807, 2.05) is 5.57 Å². The van der Waals surface area contributed by atoms with Gasteiger partial charge < -0.3 is 0 Å². The lowest BCUT2D eigenvalue weighted by molar-refractivity contribution is 0.321. The Morgan fingerprint density at radius 2 is 1.50 bits per heavy atom. The summed E-state index contributed by atoms with van der Waals surface area (Å²) < 4.78 is 0. The van der Waals surface area contributed by atoms with Gasteiger partial charge in [-0.3, -0.25) is 0 Å². The first kappa shape index (κ1) is 12.3. The molecule has 2 unspecified atom stereocenters. The smallest absolute Gasteiger partial charge is 0.00877 e. The summed E-state index contributed by atoms with van der Waals surface area (Å²) in [5, 5.41) is 0. The van der Waals surface area contributed by atoms with Crippen LogP contribution in [0.5, 0.6) is 0 Å². The lowest BCUT2D eigenvalue weighted by Crippen LogP contribution is -2.30. The minimum Gasteiger partial charge on any atom is -0.0701 e. The van der Waals surface area contributed by atoms with E-state index in [0.717, 1.165) is 11.8 Å². The zero-order chi connectivity index (χ0) is 12.9. The van der Waals surface area contributed by atoms with Crippen molar-refractivity contribution in [3.63, 3.8) is 0 Å². The Hall–Kier alpha value is -0.780. The molecule has 1 saturated carbocycles. The molecule has 3 rings (SSSR count). The molecule has 0 spiro atoms. The number of rotatable bonds is 0. The van der Waals surface area contributed by atoms with E-state index in [2.05, 4.69) is 27.7 Å². The molecule has 0 aliphatic heterocycles. The average molecular weight is 242 g/mol. The van der Waals surface area contributed by atoms with Gasteiger partial charge in [0.05, 0.1) is 0 Å². The Morgan fingerprint density at radius 1 is 0.722 bits per heavy atom. The third-order valence-electron chi connectivity index (χ3n) is 5.84. The molecule has 0 amide bonds. The van der Waals surface area contributed by atoms with E-state index in [1.54, 1.807) is 27.9 Å². The van der Waals surface area contributed by atoms with Crippen LogP contribution >= 0.6 is 0 Å². The van der Waals surface area contributed by atoms with Gasteiger partial charge in [0.25, 0.3) is 0 Å². The van der Waals surface area contributed by atoms with Crippen molar-refractivity contribution in [3.8, 4) is 0 Å². The van der Waals surface area contributed by atoms with E-state index in [9.17, 15) is 0 Å². The van der Waals surface area contributed by atoms with Crippen molar-refractivity contribution in [2.45, 2.75) is 66.2 Å². The maximum absolute atomic E-state index is 2.38. The molecule has 0 saturated heterocycles. The molecule has 0 nitrogen and oxygen atoms in total. The quantitative estimate of drug-likeness (QED) is 0.521. The molecule has 0 radical (unpaired) electrons. The van der Waals surface area contributed by atoms with Crippen LogP contribution in [0.2, 0.25) is 0 Å². The standard InChI is InChI=1S/C18H26/c1-11-9-10-17-16-8-6-5-7-15(16)13(3)14(4)18(17)12(11)2/h16-17H,5-10H2,1-4H3. The summed E-state index contributed by atoms with van der Waals surface area (Å²) in [6, 6.07) is 0. The van der Waals surface area contributed by atoms with Crippen molar-refractivity contribution >= 4 is 0 Å². The highest BCUT2D eigenvalue weighted by molar-refractivity contribution is 5.53. The van der Waals surface area contributed by atoms with Gasteiger partial charge in [0.1, 0.15) is 0 Å². The van der Waals surface area contributed by atoms with Crippen LogP contribution in [0, 0.1) is 11.8 Å². The van der Waals surface area contributed by atoms with E-state index < -0.39 is 0 Å². The van der Waals surface area contributed by atoms with Crippen molar-refractivity contribution in [2.24, 2.45) is 11.8 Å². The average Bonchev–Trinajstić information content (AvgIpc) is 2.39. The number of hydrogen-bond acceptors (Lipinski definition) is 0. The van der Waals surface area contributed by atoms with Crippen LogP contribution in [0.25, 0.3) is 0 Å². The maximum Gasteiger partial charge on any atom is -0.00877 e. The third-order valence-corrected chi connectivity index (χ3v) is 5.84. The van der Waals surface area contributed by atoms with E-state index in [1.165, 1.54) is 38.5 Å². The lowest BCUT2D eigenvalue weighted by Gasteiger charge is -2.43. The van der Waals surface area contributed by atoms with Crippen LogP contribution in [-0.2, 0) is 0 Å². The summed E-state index contributed by atoms with van der Waals surface area (Å²) in [6.07, 6.45) is 8.42. The lowest BCUT2D eigenvalue weighted by atomic mass is 9.62. The van der Waals surface area contributed by atoms with Crippen LogP contribution in [0.1, 0.15) is 66.2 Å². The van der Waals surface area contributed by atoms with Gasteiger partial charge in [-0.2, -0.15) is 0 Å². The molecule has 0 aromatic heterocycles. The molecule has 3 aliphatic carbocycles. The molecular weight excluding hydrogens is 216 g/mol. The van der Waals surface area contributed by atoms with Gasteiger partial charge in [-0.1, -0.05) is 17.6 Å². The Labute approximate surface area is 112 Å². The summed E-state index contributed by atoms with van der Waals surface area (Å²) in [4.78, 5) is 0. The second-order valence-electron chi connectivity index (χ2n) is 6.59. The monoisotopic (exact) mass is 242 g/mol. The molecule has 98 valence electrons. The molecular formula is C18H26. The van der Waals surface area contributed by atoms with Gasteiger partial charge in [-0.25, -0.2) is 0 Å². The van der Waals surface area contributed by atoms with E-state index in [0.29, 0.717) is 0 Å². The van der Waals surface area contributed by atoms with Crippen LogP contribution in [0.15, 0.2) is 33.4 Å². The highest BCUT2D eigenvalue weighted by atomic mass is 14.4. The fraction of sp³-hybridized carbons (Fsp3) is 0.667. The zero-order valence-corrected chi connectivity index (χ0v) is 12.4. The molecule has 0 bridgehead atoms. The third kappa shape index (κ3) is 1.65. The second kappa shape index (κ2) is 4.40. The summed E-state index contributed by atoms with van der Waals surface area (Å²) in [5.41, 5.74) is 10.1. The summed E-state index contributed by atoms with van der Waals surface area (Å²) >= 11 is 0. The molecule has 0 aromatic rings. The Balaban J connectivity index is 2.15. The van der Waals surface area contributed by atoms with Gasteiger partial charge in [0.2, 0.25) is 0 Å². The SMILES string of the molecule is CC1=C(C)C2=C(C)C(C)=C3CCCCC3C2CC1. The fourth-order valence-corrected chi connectivity index (χ4v) is 4.57. The first-order valence-corrected chi connectivity index (χ1v) is 7.68. The molecule has 1 fully saturated rings. The highest BCUT2D eigenvalue weighted by Gasteiger charge is 2.37. The van der Waals surface area contributed by atoms with Gasteiger partial charge in [0, 0.05) is 0 Å². The first-order valence-electron chi connectivity index (χ1n) is 7.68. The van der Waals surface area contributed by atoms with Gasteiger partial charge in [-0.05, 0) is 93.9 Å². The van der Waals surface area contributed by atoms with Crippen molar-refractivity contribution in [3.05, 3.63) is 33.4 Å². The number of hydrogen-bond donors (Lipinski definition) is 0. The van der Waals surface area contributed by atoms with Crippen LogP contribution < -0.4 is 0 Å². The number of fused-ring (bicyclic) bond motifs is 3. The summed E-state index contributed by atoms with van der Waals surface area (Å²) in [7, 11) is 0. The van der Waals surface area contributed by atoms with Crippen molar-refractivity contribution in [1.29, 1.82) is 0 Å². The molecule has 0 aromatic carbocycles. The minimum atomic E-state index is 0.854. The van der Waals surface area contributed by atoms with Crippen molar-refractivity contribution < 1.29 is 0 Å². The van der Waals surface area contributed by atoms with E-state index in [-0.39, 0.29) is 0 Å². The normalized spacial score (nSPS) is 32.7. The van der Waals surface area contributed by atoms with Gasteiger partial charge in [0.15, 0.2) is 0 Å². The Bertz CT molecular complexity index is 470. The summed E-state index contributed by atoms with van der Waals surface area (Å²) in [6.45, 7) is 9.45. The largest absolute Gasteiger partial charge is 0.0701 e. The minimum absolute atomic E-state index is 0.854. The molecule has 0 N–H and O–H groups in total. The Morgan fingerprint density at radius 3 is 2.28 bits per heavy atom. The maximum atomic E-state index is 2.38. The highest BCUT2D eigenvalue weighted by Crippen LogP contribution is 2.51. The first-order chi connectivity index (χ1) is 8.61. The van der Waals surface area contributed by atoms with Gasteiger partial charge >= 0.3 is 0 Å². The predicted octanol–water partition coefficient (Wildman–Crippen LogP) is 5.57. The van der Waals surface area contributed by atoms with Crippen molar-refractivity contribution in [2.75, 3.05) is 0 Å². The molecule has 18 heavy (non-hydrogen) atoms. The predicted molar refractivity (Wildman–Crippen MR) is 78.5 cm³/mol.